The molecule has 0 N–H and O–H groups in total. The van der Waals surface area contributed by atoms with E-state index in [1.807, 2.05) is 31.2 Å². The van der Waals surface area contributed by atoms with E-state index in [-0.39, 0.29) is 11.9 Å². The number of para-hydroxylation sites is 2. The van der Waals surface area contributed by atoms with E-state index in [0.29, 0.717) is 18.9 Å². The largest absolute Gasteiger partial charge is 0.489 e. The summed E-state index contributed by atoms with van der Waals surface area (Å²) in [4.78, 5) is 18.9. The van der Waals surface area contributed by atoms with Gasteiger partial charge in [0.1, 0.15) is 23.1 Å². The van der Waals surface area contributed by atoms with Crippen molar-refractivity contribution < 1.29 is 14.3 Å². The summed E-state index contributed by atoms with van der Waals surface area (Å²) in [6.07, 6.45) is 0. The summed E-state index contributed by atoms with van der Waals surface area (Å²) >= 11 is 1.43. The average molecular weight is 304 g/mol. The normalized spacial score (nSPS) is 17.2. The van der Waals surface area contributed by atoms with Crippen LogP contribution in [0, 0.1) is 0 Å². The van der Waals surface area contributed by atoms with Gasteiger partial charge < -0.3 is 9.47 Å². The number of nitrogens with zero attached hydrogens (tertiary/aromatic N) is 2. The molecule has 0 saturated carbocycles. The predicted molar refractivity (Wildman–Crippen MR) is 81.0 cm³/mol. The number of amides is 1. The van der Waals surface area contributed by atoms with Crippen LogP contribution in [0.4, 0.5) is 5.69 Å². The molecule has 1 atom stereocenters. The van der Waals surface area contributed by atoms with Crippen LogP contribution in [0.25, 0.3) is 0 Å². The Morgan fingerprint density at radius 2 is 2.33 bits per heavy atom. The quantitative estimate of drug-likeness (QED) is 0.875. The maximum absolute atomic E-state index is 12.8. The van der Waals surface area contributed by atoms with Crippen LogP contribution < -0.4 is 9.64 Å². The van der Waals surface area contributed by atoms with E-state index in [1.54, 1.807) is 17.4 Å². The molecule has 1 amide bonds. The number of ether oxygens (including phenoxy) is 2. The minimum Gasteiger partial charge on any atom is -0.489 e. The van der Waals surface area contributed by atoms with Crippen molar-refractivity contribution >= 4 is 22.9 Å². The zero-order valence-corrected chi connectivity index (χ0v) is 12.7. The van der Waals surface area contributed by atoms with Crippen molar-refractivity contribution in [3.05, 3.63) is 40.3 Å². The standard InChI is InChI=1S/C15H16N2O3S/c1-10-7-20-13-6-4-3-5-12(13)17(10)15(18)11-9-21-14(16-11)8-19-2/h3-6,9-10H,7-8H2,1-2H3/t10-/m0/s1. The van der Waals surface area contributed by atoms with E-state index >= 15 is 0 Å². The Morgan fingerprint density at radius 3 is 3.14 bits per heavy atom. The highest BCUT2D eigenvalue weighted by Gasteiger charge is 2.31. The number of carbonyl (C=O) groups excluding carboxylic acids is 1. The van der Waals surface area contributed by atoms with E-state index < -0.39 is 0 Å². The fourth-order valence-corrected chi connectivity index (χ4v) is 3.07. The summed E-state index contributed by atoms with van der Waals surface area (Å²) in [6.45, 7) is 2.88. The van der Waals surface area contributed by atoms with Crippen molar-refractivity contribution in [2.24, 2.45) is 0 Å². The van der Waals surface area contributed by atoms with Crippen LogP contribution in [0.1, 0.15) is 22.4 Å². The highest BCUT2D eigenvalue weighted by Crippen LogP contribution is 2.34. The fraction of sp³-hybridized carbons (Fsp3) is 0.333. The number of aromatic nitrogens is 1. The molecule has 0 unspecified atom stereocenters. The maximum atomic E-state index is 12.8. The van der Waals surface area contributed by atoms with E-state index in [2.05, 4.69) is 4.98 Å². The number of rotatable bonds is 3. The molecule has 1 aliphatic heterocycles. The lowest BCUT2D eigenvalue weighted by Crippen LogP contribution is -2.45. The fourth-order valence-electron chi connectivity index (χ4n) is 2.33. The predicted octanol–water partition coefficient (Wildman–Crippen LogP) is 2.72. The van der Waals surface area contributed by atoms with Crippen LogP contribution in [0.2, 0.25) is 0 Å². The molecule has 0 saturated heterocycles. The summed E-state index contributed by atoms with van der Waals surface area (Å²) in [6, 6.07) is 7.54. The Hall–Kier alpha value is -1.92. The first-order valence-corrected chi connectivity index (χ1v) is 7.57. The van der Waals surface area contributed by atoms with Crippen LogP contribution in [-0.2, 0) is 11.3 Å². The lowest BCUT2D eigenvalue weighted by molar-refractivity contribution is 0.0956. The summed E-state index contributed by atoms with van der Waals surface area (Å²) in [5.41, 5.74) is 1.25. The Kier molecular flexibility index (Phi) is 3.90. The topological polar surface area (TPSA) is 51.7 Å². The molecule has 0 fully saturated rings. The van der Waals surface area contributed by atoms with Gasteiger partial charge in [-0.05, 0) is 19.1 Å². The third-order valence-corrected chi connectivity index (χ3v) is 4.13. The molecule has 2 heterocycles. The lowest BCUT2D eigenvalue weighted by atomic mass is 10.1. The van der Waals surface area contributed by atoms with Crippen LogP contribution in [0.5, 0.6) is 5.75 Å². The number of hydrogen-bond donors (Lipinski definition) is 0. The molecular formula is C15H16N2O3S. The van der Waals surface area contributed by atoms with E-state index in [1.165, 1.54) is 11.3 Å². The summed E-state index contributed by atoms with van der Waals surface area (Å²) in [5.74, 6) is 0.633. The molecule has 110 valence electrons. The van der Waals surface area contributed by atoms with Crippen LogP contribution in [0.3, 0.4) is 0 Å². The third-order valence-electron chi connectivity index (χ3n) is 3.30. The average Bonchev–Trinajstić information content (AvgIpc) is 2.96. The van der Waals surface area contributed by atoms with Gasteiger partial charge in [-0.15, -0.1) is 11.3 Å². The van der Waals surface area contributed by atoms with Crippen molar-refractivity contribution in [1.82, 2.24) is 4.98 Å². The van der Waals surface area contributed by atoms with E-state index in [4.69, 9.17) is 9.47 Å². The summed E-state index contributed by atoms with van der Waals surface area (Å²) in [7, 11) is 1.61. The van der Waals surface area contributed by atoms with Crippen LogP contribution in [0.15, 0.2) is 29.6 Å². The van der Waals surface area contributed by atoms with Gasteiger partial charge in [0.05, 0.1) is 18.3 Å². The highest BCUT2D eigenvalue weighted by molar-refractivity contribution is 7.09. The number of carbonyl (C=O) groups is 1. The zero-order valence-electron chi connectivity index (χ0n) is 11.9. The van der Waals surface area contributed by atoms with E-state index in [0.717, 1.165) is 16.4 Å². The van der Waals surface area contributed by atoms with Gasteiger partial charge in [-0.1, -0.05) is 12.1 Å². The Labute approximate surface area is 127 Å². The van der Waals surface area contributed by atoms with Gasteiger partial charge in [-0.3, -0.25) is 9.69 Å². The Morgan fingerprint density at radius 1 is 1.52 bits per heavy atom. The first-order chi connectivity index (χ1) is 10.2. The molecular weight excluding hydrogens is 288 g/mol. The number of benzene rings is 1. The second kappa shape index (κ2) is 5.83. The van der Waals surface area contributed by atoms with Gasteiger partial charge in [0.2, 0.25) is 0 Å². The monoisotopic (exact) mass is 304 g/mol. The molecule has 21 heavy (non-hydrogen) atoms. The molecule has 6 heteroatoms. The van der Waals surface area contributed by atoms with Crippen molar-refractivity contribution in [2.45, 2.75) is 19.6 Å². The molecule has 2 aromatic rings. The minimum atomic E-state index is -0.100. The molecule has 1 aliphatic rings. The molecule has 0 spiro atoms. The van der Waals surface area contributed by atoms with Gasteiger partial charge in [-0.25, -0.2) is 4.98 Å². The third kappa shape index (κ3) is 2.64. The van der Waals surface area contributed by atoms with Gasteiger partial charge in [0.25, 0.3) is 5.91 Å². The second-order valence-electron chi connectivity index (χ2n) is 4.86. The number of hydrogen-bond acceptors (Lipinski definition) is 5. The number of methoxy groups -OCH3 is 1. The Balaban J connectivity index is 1.92. The first-order valence-electron chi connectivity index (χ1n) is 6.69. The maximum Gasteiger partial charge on any atom is 0.278 e. The van der Waals surface area contributed by atoms with Crippen molar-refractivity contribution in [3.8, 4) is 5.75 Å². The number of anilines is 1. The second-order valence-corrected chi connectivity index (χ2v) is 5.81. The number of thiazole rings is 1. The molecule has 1 aromatic heterocycles. The SMILES string of the molecule is COCc1nc(C(=O)N2c3ccccc3OC[C@@H]2C)cs1. The highest BCUT2D eigenvalue weighted by atomic mass is 32.1. The molecule has 0 radical (unpaired) electrons. The van der Waals surface area contributed by atoms with Gasteiger partial charge in [-0.2, -0.15) is 0 Å². The molecule has 5 nitrogen and oxygen atoms in total. The molecule has 3 rings (SSSR count). The van der Waals surface area contributed by atoms with Crippen LogP contribution in [-0.4, -0.2) is 30.6 Å². The van der Waals surface area contributed by atoms with Crippen molar-refractivity contribution in [3.63, 3.8) is 0 Å². The van der Waals surface area contributed by atoms with Crippen molar-refractivity contribution in [2.75, 3.05) is 18.6 Å². The first kappa shape index (κ1) is 14.0. The van der Waals surface area contributed by atoms with Crippen LogP contribution >= 0.6 is 11.3 Å². The summed E-state index contributed by atoms with van der Waals surface area (Å²) in [5, 5.41) is 2.58. The minimum absolute atomic E-state index is 0.0278. The van der Waals surface area contributed by atoms with Gasteiger partial charge in [0.15, 0.2) is 0 Å². The van der Waals surface area contributed by atoms with Crippen molar-refractivity contribution in [1.29, 1.82) is 0 Å². The molecule has 0 aliphatic carbocycles. The lowest BCUT2D eigenvalue weighted by Gasteiger charge is -2.34. The van der Waals surface area contributed by atoms with E-state index in [9.17, 15) is 4.79 Å². The number of fused-ring (bicyclic) bond motifs is 1. The molecule has 1 aromatic carbocycles. The van der Waals surface area contributed by atoms with Gasteiger partial charge in [0, 0.05) is 12.5 Å². The Bertz CT molecular complexity index is 656. The van der Waals surface area contributed by atoms with Gasteiger partial charge >= 0.3 is 0 Å². The zero-order chi connectivity index (χ0) is 14.8. The smallest absolute Gasteiger partial charge is 0.278 e. The molecule has 0 bridgehead atoms. The summed E-state index contributed by atoms with van der Waals surface area (Å²) < 4.78 is 10.7.